The number of nitrogens with one attached hydrogen (secondary N) is 2. The molecule has 136 valence electrons. The zero-order chi connectivity index (χ0) is 19.1. The SMILES string of the molecule is CC(C)C[C@H](Nc1cscc1-c1cccc([N+](=O)[O-])c1)C(=O)NCC#N. The summed E-state index contributed by atoms with van der Waals surface area (Å²) in [5.74, 6) is 0.0386. The van der Waals surface area contributed by atoms with Gasteiger partial charge in [-0.05, 0) is 17.9 Å². The molecule has 1 aromatic carbocycles. The summed E-state index contributed by atoms with van der Waals surface area (Å²) in [5, 5.41) is 29.3. The fourth-order valence-corrected chi connectivity index (χ4v) is 3.36. The highest BCUT2D eigenvalue weighted by Gasteiger charge is 2.21. The molecule has 0 spiro atoms. The highest BCUT2D eigenvalue weighted by Crippen LogP contribution is 2.34. The van der Waals surface area contributed by atoms with Crippen LogP contribution >= 0.6 is 11.3 Å². The standard InChI is InChI=1S/C18H20N4O3S/c1-12(2)8-16(18(23)20-7-6-19)21-17-11-26-10-15(17)13-4-3-5-14(9-13)22(24)25/h3-5,9-12,16,21H,7-8H2,1-2H3,(H,20,23)/t16-/m0/s1. The number of thiophene rings is 1. The van der Waals surface area contributed by atoms with Crippen molar-refractivity contribution in [1.82, 2.24) is 5.32 Å². The molecule has 2 aromatic rings. The number of benzene rings is 1. The molecule has 0 radical (unpaired) electrons. The van der Waals surface area contributed by atoms with Crippen molar-refractivity contribution in [3.8, 4) is 17.2 Å². The van der Waals surface area contributed by atoms with Crippen molar-refractivity contribution in [2.75, 3.05) is 11.9 Å². The van der Waals surface area contributed by atoms with Crippen molar-refractivity contribution < 1.29 is 9.72 Å². The largest absolute Gasteiger partial charge is 0.372 e. The average Bonchev–Trinajstić information content (AvgIpc) is 3.07. The zero-order valence-corrected chi connectivity index (χ0v) is 15.4. The van der Waals surface area contributed by atoms with E-state index in [9.17, 15) is 14.9 Å². The number of carbonyl (C=O) groups is 1. The molecule has 8 heteroatoms. The molecule has 0 aliphatic rings. The summed E-state index contributed by atoms with van der Waals surface area (Å²) in [4.78, 5) is 22.9. The average molecular weight is 372 g/mol. The number of non-ortho nitro benzene ring substituents is 1. The lowest BCUT2D eigenvalue weighted by Crippen LogP contribution is -2.40. The third-order valence-electron chi connectivity index (χ3n) is 3.72. The van der Waals surface area contributed by atoms with Crippen LogP contribution in [0, 0.1) is 27.4 Å². The van der Waals surface area contributed by atoms with Gasteiger partial charge < -0.3 is 10.6 Å². The number of hydrogen-bond acceptors (Lipinski definition) is 6. The smallest absolute Gasteiger partial charge is 0.270 e. The molecule has 2 N–H and O–H groups in total. The predicted octanol–water partition coefficient (Wildman–Crippen LogP) is 3.79. The van der Waals surface area contributed by atoms with Crippen LogP contribution in [0.15, 0.2) is 35.0 Å². The minimum Gasteiger partial charge on any atom is -0.372 e. The first-order chi connectivity index (χ1) is 12.4. The maximum atomic E-state index is 12.3. The van der Waals surface area contributed by atoms with Crippen LogP contribution in [-0.4, -0.2) is 23.4 Å². The van der Waals surface area contributed by atoms with Crippen LogP contribution in [0.2, 0.25) is 0 Å². The van der Waals surface area contributed by atoms with E-state index < -0.39 is 11.0 Å². The van der Waals surface area contributed by atoms with E-state index in [0.717, 1.165) is 11.3 Å². The summed E-state index contributed by atoms with van der Waals surface area (Å²) in [7, 11) is 0. The van der Waals surface area contributed by atoms with Gasteiger partial charge in [-0.15, -0.1) is 11.3 Å². The Kier molecular flexibility index (Phi) is 6.69. The molecule has 1 heterocycles. The van der Waals surface area contributed by atoms with E-state index in [-0.39, 0.29) is 24.1 Å². The summed E-state index contributed by atoms with van der Waals surface area (Å²) >= 11 is 1.45. The molecule has 1 amide bonds. The second-order valence-electron chi connectivity index (χ2n) is 6.21. The third-order valence-corrected chi connectivity index (χ3v) is 4.47. The fourth-order valence-electron chi connectivity index (χ4n) is 2.56. The minimum absolute atomic E-state index is 0.0187. The molecular weight excluding hydrogens is 352 g/mol. The summed E-state index contributed by atoms with van der Waals surface area (Å²) < 4.78 is 0. The topological polar surface area (TPSA) is 108 Å². The monoisotopic (exact) mass is 372 g/mol. The Balaban J connectivity index is 2.27. The van der Waals surface area contributed by atoms with Crippen LogP contribution in [0.4, 0.5) is 11.4 Å². The van der Waals surface area contributed by atoms with E-state index in [1.54, 1.807) is 12.1 Å². The van der Waals surface area contributed by atoms with E-state index in [1.165, 1.54) is 23.5 Å². The lowest BCUT2D eigenvalue weighted by molar-refractivity contribution is -0.384. The van der Waals surface area contributed by atoms with Gasteiger partial charge in [0.25, 0.3) is 5.69 Å². The maximum Gasteiger partial charge on any atom is 0.270 e. The summed E-state index contributed by atoms with van der Waals surface area (Å²) in [6, 6.07) is 7.80. The Bertz CT molecular complexity index is 826. The van der Waals surface area contributed by atoms with Crippen molar-refractivity contribution in [2.45, 2.75) is 26.3 Å². The molecule has 0 aliphatic carbocycles. The van der Waals surface area contributed by atoms with Crippen molar-refractivity contribution in [1.29, 1.82) is 5.26 Å². The number of amides is 1. The molecule has 2 rings (SSSR count). The molecule has 0 aliphatic heterocycles. The van der Waals surface area contributed by atoms with Gasteiger partial charge >= 0.3 is 0 Å². The number of nitrogens with zero attached hydrogens (tertiary/aromatic N) is 2. The Labute approximate surface area is 155 Å². The van der Waals surface area contributed by atoms with Crippen molar-refractivity contribution >= 4 is 28.6 Å². The first kappa shape index (κ1) is 19.4. The number of nitro benzene ring substituents is 1. The van der Waals surface area contributed by atoms with Gasteiger partial charge in [0.1, 0.15) is 12.6 Å². The number of carbonyl (C=O) groups excluding carboxylic acids is 1. The summed E-state index contributed by atoms with van der Waals surface area (Å²) in [6.07, 6.45) is 0.599. The van der Waals surface area contributed by atoms with Crippen LogP contribution in [-0.2, 0) is 4.79 Å². The van der Waals surface area contributed by atoms with Crippen molar-refractivity contribution in [3.63, 3.8) is 0 Å². The Morgan fingerprint density at radius 3 is 2.81 bits per heavy atom. The normalized spacial score (nSPS) is 11.6. The Morgan fingerprint density at radius 2 is 2.15 bits per heavy atom. The second kappa shape index (κ2) is 8.97. The van der Waals surface area contributed by atoms with Gasteiger partial charge in [-0.1, -0.05) is 26.0 Å². The van der Waals surface area contributed by atoms with Crippen LogP contribution in [0.1, 0.15) is 20.3 Å². The molecule has 0 saturated heterocycles. The van der Waals surface area contributed by atoms with Crippen LogP contribution in [0.25, 0.3) is 11.1 Å². The van der Waals surface area contributed by atoms with Crippen molar-refractivity contribution in [2.24, 2.45) is 5.92 Å². The van der Waals surface area contributed by atoms with Crippen molar-refractivity contribution in [3.05, 3.63) is 45.1 Å². The highest BCUT2D eigenvalue weighted by atomic mass is 32.1. The lowest BCUT2D eigenvalue weighted by atomic mass is 10.0. The molecule has 26 heavy (non-hydrogen) atoms. The maximum absolute atomic E-state index is 12.3. The first-order valence-electron chi connectivity index (χ1n) is 8.14. The van der Waals surface area contributed by atoms with E-state index >= 15 is 0 Å². The lowest BCUT2D eigenvalue weighted by Gasteiger charge is -2.21. The molecular formula is C18H20N4O3S. The first-order valence-corrected chi connectivity index (χ1v) is 9.09. The van der Waals surface area contributed by atoms with E-state index in [2.05, 4.69) is 10.6 Å². The third kappa shape index (κ3) is 5.04. The molecule has 0 bridgehead atoms. The summed E-state index contributed by atoms with van der Waals surface area (Å²) in [5.41, 5.74) is 2.28. The minimum atomic E-state index is -0.490. The predicted molar refractivity (Wildman–Crippen MR) is 102 cm³/mol. The quantitative estimate of drug-likeness (QED) is 0.416. The van der Waals surface area contributed by atoms with Crippen LogP contribution in [0.5, 0.6) is 0 Å². The highest BCUT2D eigenvalue weighted by molar-refractivity contribution is 7.08. The van der Waals surface area contributed by atoms with Gasteiger partial charge in [-0.25, -0.2) is 0 Å². The fraction of sp³-hybridized carbons (Fsp3) is 0.333. The van der Waals surface area contributed by atoms with Gasteiger partial charge in [0.05, 0.1) is 16.7 Å². The van der Waals surface area contributed by atoms with Gasteiger partial charge in [-0.2, -0.15) is 5.26 Å². The Morgan fingerprint density at radius 1 is 1.38 bits per heavy atom. The van der Waals surface area contributed by atoms with Gasteiger partial charge in [0.15, 0.2) is 0 Å². The molecule has 1 atom stereocenters. The number of rotatable bonds is 8. The number of anilines is 1. The molecule has 0 fully saturated rings. The van der Waals surface area contributed by atoms with Crippen LogP contribution in [0.3, 0.4) is 0 Å². The molecule has 0 unspecified atom stereocenters. The van der Waals surface area contributed by atoms with Gasteiger partial charge in [0.2, 0.25) is 5.91 Å². The Hall–Kier alpha value is -2.92. The number of nitro groups is 1. The molecule has 7 nitrogen and oxygen atoms in total. The van der Waals surface area contributed by atoms with E-state index in [4.69, 9.17) is 5.26 Å². The zero-order valence-electron chi connectivity index (χ0n) is 14.6. The molecule has 1 aromatic heterocycles. The number of hydrogen-bond donors (Lipinski definition) is 2. The summed E-state index contributed by atoms with van der Waals surface area (Å²) in [6.45, 7) is 3.99. The number of nitriles is 1. The van der Waals surface area contributed by atoms with Crippen LogP contribution < -0.4 is 10.6 Å². The van der Waals surface area contributed by atoms with E-state index in [0.29, 0.717) is 12.0 Å². The van der Waals surface area contributed by atoms with Gasteiger partial charge in [0, 0.05) is 28.5 Å². The second-order valence-corrected chi connectivity index (χ2v) is 6.95. The van der Waals surface area contributed by atoms with E-state index in [1.807, 2.05) is 30.7 Å². The van der Waals surface area contributed by atoms with Gasteiger partial charge in [-0.3, -0.25) is 14.9 Å². The molecule has 0 saturated carbocycles.